The van der Waals surface area contributed by atoms with Gasteiger partial charge in [-0.2, -0.15) is 5.16 Å². The third-order valence-electron chi connectivity index (χ3n) is 9.73. The molecule has 63 heavy (non-hydrogen) atoms. The molecule has 0 aliphatic heterocycles. The quantitative estimate of drug-likeness (QED) is 0.0385. The van der Waals surface area contributed by atoms with Crippen molar-refractivity contribution >= 4 is 65.1 Å². The minimum absolute atomic E-state index is 0. The topological polar surface area (TPSA) is 161 Å². The predicted molar refractivity (Wildman–Crippen MR) is 252 cm³/mol. The normalized spacial score (nSPS) is 11.1. The van der Waals surface area contributed by atoms with E-state index in [1.807, 2.05) is 41.1 Å². The maximum absolute atomic E-state index is 10.8. The number of isothiocyanates is 1. The summed E-state index contributed by atoms with van der Waals surface area (Å²) in [5.41, 5.74) is 12.0. The van der Waals surface area contributed by atoms with E-state index in [4.69, 9.17) is 15.8 Å². The van der Waals surface area contributed by atoms with Crippen molar-refractivity contribution in [2.24, 2.45) is 0 Å². The van der Waals surface area contributed by atoms with Gasteiger partial charge < -0.3 is 27.9 Å². The summed E-state index contributed by atoms with van der Waals surface area (Å²) in [6.07, 6.45) is 6.55. The van der Waals surface area contributed by atoms with E-state index in [1.54, 1.807) is 0 Å². The molecule has 0 unspecified atom stereocenters. The third-order valence-corrected chi connectivity index (χ3v) is 12.2. The summed E-state index contributed by atoms with van der Waals surface area (Å²) in [7, 11) is 0. The van der Waals surface area contributed by atoms with Gasteiger partial charge in [0.2, 0.25) is 0 Å². The predicted octanol–water partition coefficient (Wildman–Crippen LogP) is 11.9. The molecule has 6 heterocycles. The smallest absolute Gasteiger partial charge is 0.753 e. The average Bonchev–Trinajstić information content (AvgIpc) is 4.03. The maximum atomic E-state index is 10.8. The fourth-order valence-corrected chi connectivity index (χ4v) is 8.99. The Morgan fingerprint density at radius 1 is 0.730 bits per heavy atom. The van der Waals surface area contributed by atoms with E-state index in [0.717, 1.165) is 11.4 Å². The van der Waals surface area contributed by atoms with E-state index in [9.17, 15) is 9.59 Å². The summed E-state index contributed by atoms with van der Waals surface area (Å²) in [6, 6.07) is 38.9. The number of benzene rings is 2. The first-order chi connectivity index (χ1) is 30.0. The number of ether oxygens (including phenoxy) is 1. The number of nitrogens with zero attached hydrogens (tertiary/aromatic N) is 6. The molecule has 0 saturated carbocycles. The Hall–Kier alpha value is -6.49. The van der Waals surface area contributed by atoms with Crippen molar-refractivity contribution in [3.8, 4) is 75.7 Å². The molecule has 0 atom stereocenters. The minimum Gasteiger partial charge on any atom is -0.753 e. The van der Waals surface area contributed by atoms with E-state index in [-0.39, 0.29) is 30.5 Å². The maximum Gasteiger partial charge on any atom is 2.00 e. The number of pyridine rings is 4. The van der Waals surface area contributed by atoms with Crippen LogP contribution >= 0.6 is 34.9 Å². The molecular formula is C48H34N6O4RuS4. The van der Waals surface area contributed by atoms with Crippen LogP contribution in [-0.2, 0) is 42.3 Å². The van der Waals surface area contributed by atoms with Gasteiger partial charge >= 0.3 is 25.4 Å². The van der Waals surface area contributed by atoms with Gasteiger partial charge in [-0.15, -0.1) is 22.7 Å². The second kappa shape index (κ2) is 22.0. The molecular weight excluding hydrogens is 954 g/mol. The zero-order valence-corrected chi connectivity index (χ0v) is 38.7. The fraction of sp³-hybridized carbons (Fsp3) is 0.0833. The van der Waals surface area contributed by atoms with Crippen LogP contribution in [0.25, 0.3) is 69.9 Å². The molecule has 9 rings (SSSR count). The molecule has 1 aliphatic rings. The summed E-state index contributed by atoms with van der Waals surface area (Å²) in [5.74, 6) is -0.725. The Morgan fingerprint density at radius 3 is 1.86 bits per heavy atom. The molecule has 6 aromatic heterocycles. The zero-order valence-electron chi connectivity index (χ0n) is 33.7. The first-order valence-electron chi connectivity index (χ1n) is 18.6. The molecule has 0 spiro atoms. The number of hydrogen-bond donors (Lipinski definition) is 1. The number of hydrogen-bond acceptors (Lipinski definition) is 12. The number of thiophene rings is 2. The van der Waals surface area contributed by atoms with Gasteiger partial charge in [0.05, 0.1) is 28.3 Å². The Morgan fingerprint density at radius 2 is 1.24 bits per heavy atom. The van der Waals surface area contributed by atoms with Crippen molar-refractivity contribution in [1.29, 1.82) is 5.26 Å². The van der Waals surface area contributed by atoms with Crippen LogP contribution in [0.2, 0.25) is 0 Å². The minimum atomic E-state index is -1.04. The third kappa shape index (κ3) is 11.3. The Labute approximate surface area is 396 Å². The van der Waals surface area contributed by atoms with Crippen molar-refractivity contribution in [2.45, 2.75) is 26.2 Å². The van der Waals surface area contributed by atoms with E-state index in [2.05, 4.69) is 155 Å². The molecule has 0 radical (unpaired) electrons. The number of carbonyl (C=O) groups excluding carboxylic acids is 1. The Kier molecular flexibility index (Phi) is 16.6. The molecule has 10 nitrogen and oxygen atoms in total. The van der Waals surface area contributed by atoms with Crippen molar-refractivity contribution in [3.05, 3.63) is 168 Å². The van der Waals surface area contributed by atoms with Crippen LogP contribution in [0, 0.1) is 17.6 Å². The van der Waals surface area contributed by atoms with Gasteiger partial charge in [-0.3, -0.25) is 24.7 Å². The molecule has 0 amide bonds. The molecule has 1 N–H and O–H groups in total. The summed E-state index contributed by atoms with van der Waals surface area (Å²) in [5, 5.41) is 25.8. The number of carboxylic acids is 1. The van der Waals surface area contributed by atoms with E-state index in [1.165, 1.54) is 106 Å². The molecule has 0 bridgehead atoms. The van der Waals surface area contributed by atoms with Gasteiger partial charge in [0.25, 0.3) is 6.47 Å². The number of carboxylic acid groups (broad SMARTS) is 1. The van der Waals surface area contributed by atoms with Crippen LogP contribution < -0.4 is 4.74 Å². The molecule has 2 aromatic carbocycles. The second-order valence-electron chi connectivity index (χ2n) is 13.9. The van der Waals surface area contributed by atoms with E-state index >= 15 is 0 Å². The van der Waals surface area contributed by atoms with Crippen LogP contribution in [0.5, 0.6) is 5.75 Å². The van der Waals surface area contributed by atoms with E-state index in [0.29, 0.717) is 23.6 Å². The summed E-state index contributed by atoms with van der Waals surface area (Å²) < 4.78 is 4.68. The van der Waals surface area contributed by atoms with Gasteiger partial charge in [-0.25, -0.2) is 10.1 Å². The fourth-order valence-electron chi connectivity index (χ4n) is 6.89. The number of thiocyanates is 1. The average molecular weight is 988 g/mol. The number of fused-ring (bicyclic) bond motifs is 3. The van der Waals surface area contributed by atoms with E-state index < -0.39 is 5.97 Å². The summed E-state index contributed by atoms with van der Waals surface area (Å²) in [4.78, 5) is 43.3. The summed E-state index contributed by atoms with van der Waals surface area (Å²) in [6.45, 7) is 7.07. The van der Waals surface area contributed by atoms with Gasteiger partial charge in [0.1, 0.15) is 5.75 Å². The Bertz CT molecular complexity index is 2970. The van der Waals surface area contributed by atoms with Gasteiger partial charge in [-0.1, -0.05) is 67.9 Å². The largest absolute Gasteiger partial charge is 2.00 e. The molecule has 0 fully saturated rings. The van der Waals surface area contributed by atoms with Crippen molar-refractivity contribution < 1.29 is 38.9 Å². The molecule has 0 saturated heterocycles. The second-order valence-corrected chi connectivity index (χ2v) is 16.4. The van der Waals surface area contributed by atoms with Crippen LogP contribution in [0.1, 0.15) is 40.9 Å². The van der Waals surface area contributed by atoms with Crippen molar-refractivity contribution in [2.75, 3.05) is 0 Å². The Balaban J connectivity index is 0.000000251. The first kappa shape index (κ1) is 47.6. The summed E-state index contributed by atoms with van der Waals surface area (Å²) >= 11 is 11.1. The number of aromatic carboxylic acids is 1. The van der Waals surface area contributed by atoms with Crippen LogP contribution in [-0.4, -0.2) is 42.6 Å². The zero-order chi connectivity index (χ0) is 44.2. The number of aromatic nitrogens is 4. The van der Waals surface area contributed by atoms with Crippen LogP contribution in [0.3, 0.4) is 0 Å². The number of thiocarbonyl (C=S) groups is 1. The molecule has 312 valence electrons. The van der Waals surface area contributed by atoms with Crippen LogP contribution in [0.4, 0.5) is 0 Å². The SMILES string of the molecule is Cc1ccnc(-c2cc(-c3ccc(-c4ccc(-c5ccc6c(c5)C(C)(C)c5ccccc5-6)s4)s3)ccn2)c1.N#C[S-].O=COc1ccnc(-c2cc(C(=O)O)ccn2)c1.[N-]=C=S.[Ru+2]. The number of rotatable bonds is 8. The number of aryl methyl sites for hydroxylation is 1. The monoisotopic (exact) mass is 988 g/mol. The standard InChI is InChI=1S/C34H26N2S2.C12H8N2O4.CHNS.CNS.Ru/c1-21-14-16-35-28(18-21)29-20-23(15-17-36-29)31-11-13-33(38-31)32-12-10-30(37-32)22-8-9-25-24-6-4-5-7-26(24)34(2,3)27(25)19-22;15-7-18-9-2-4-14-11(6-9)10-5-8(12(16)17)1-3-13-10;2*2-1-3;/h4-20H,1-3H3;1-7H,(H,16,17);3H;;/q;;;-1;+2/p-1. The number of nitriles is 1. The molecule has 8 aromatic rings. The van der Waals surface area contributed by atoms with Gasteiger partial charge in [0, 0.05) is 55.8 Å². The first-order valence-corrected chi connectivity index (χ1v) is 21.1. The van der Waals surface area contributed by atoms with Gasteiger partial charge in [0.15, 0.2) is 0 Å². The van der Waals surface area contributed by atoms with Crippen LogP contribution in [0.15, 0.2) is 140 Å². The van der Waals surface area contributed by atoms with Crippen molar-refractivity contribution in [1.82, 2.24) is 19.9 Å². The molecule has 1 aliphatic carbocycles. The molecule has 15 heteroatoms. The van der Waals surface area contributed by atoms with Crippen molar-refractivity contribution in [3.63, 3.8) is 0 Å². The van der Waals surface area contributed by atoms with Gasteiger partial charge in [-0.05, 0) is 119 Å². The number of carbonyl (C=O) groups is 2.